The average molecular weight is 429 g/mol. The van der Waals surface area contributed by atoms with Crippen molar-refractivity contribution in [1.82, 2.24) is 5.32 Å². The molecule has 0 saturated carbocycles. The number of piperazine rings is 1. The minimum absolute atomic E-state index is 0.0953. The van der Waals surface area contributed by atoms with Gasteiger partial charge in [-0.05, 0) is 30.9 Å². The first-order valence-electron chi connectivity index (χ1n) is 10.6. The maximum absolute atomic E-state index is 15.1. The average Bonchev–Trinajstić information content (AvgIpc) is 3.10. The number of halogens is 2. The minimum atomic E-state index is -0.453. The largest absolute Gasteiger partial charge is 0.368 e. The number of piperidine rings is 1. The fourth-order valence-electron chi connectivity index (χ4n) is 5.55. The number of rotatable bonds is 3. The quantitative estimate of drug-likeness (QED) is 0.788. The molecule has 3 N–H and O–H groups in total. The molecule has 1 amide bonds. The molecule has 0 radical (unpaired) electrons. The topological polar surface area (TPSA) is 61.6 Å². The van der Waals surface area contributed by atoms with E-state index in [-0.39, 0.29) is 16.5 Å². The zero-order valence-corrected chi connectivity index (χ0v) is 17.6. The zero-order valence-electron chi connectivity index (χ0n) is 16.8. The van der Waals surface area contributed by atoms with Gasteiger partial charge in [-0.3, -0.25) is 4.79 Å². The number of fused-ring (bicyclic) bond motifs is 3. The highest BCUT2D eigenvalue weighted by atomic mass is 35.5. The van der Waals surface area contributed by atoms with Crippen LogP contribution in [0.4, 0.5) is 15.8 Å². The van der Waals surface area contributed by atoms with Crippen LogP contribution in [0.15, 0.2) is 36.4 Å². The Labute approximate surface area is 181 Å². The van der Waals surface area contributed by atoms with Gasteiger partial charge in [0, 0.05) is 43.9 Å². The smallest absolute Gasteiger partial charge is 0.240 e. The molecule has 5 nitrogen and oxygen atoms in total. The van der Waals surface area contributed by atoms with Crippen LogP contribution in [0.5, 0.6) is 0 Å². The van der Waals surface area contributed by atoms with E-state index in [0.717, 1.165) is 43.7 Å². The van der Waals surface area contributed by atoms with Gasteiger partial charge in [0.1, 0.15) is 16.9 Å². The maximum Gasteiger partial charge on any atom is 0.240 e. The highest BCUT2D eigenvalue weighted by Crippen LogP contribution is 2.52. The molecule has 0 aliphatic carbocycles. The van der Waals surface area contributed by atoms with Crippen LogP contribution in [0.1, 0.15) is 30.4 Å². The van der Waals surface area contributed by atoms with Crippen molar-refractivity contribution >= 4 is 28.9 Å². The predicted octanol–water partition coefficient (Wildman–Crippen LogP) is 3.18. The highest BCUT2D eigenvalue weighted by Gasteiger charge is 2.49. The summed E-state index contributed by atoms with van der Waals surface area (Å²) in [4.78, 5) is 16.5. The molecule has 0 aromatic heterocycles. The van der Waals surface area contributed by atoms with Gasteiger partial charge >= 0.3 is 0 Å². The Kier molecular flexibility index (Phi) is 4.86. The van der Waals surface area contributed by atoms with Crippen molar-refractivity contribution in [1.29, 1.82) is 0 Å². The van der Waals surface area contributed by atoms with Crippen LogP contribution >= 0.6 is 11.6 Å². The summed E-state index contributed by atoms with van der Waals surface area (Å²) in [5.74, 6) is -0.819. The summed E-state index contributed by atoms with van der Waals surface area (Å²) >= 11 is 6.57. The van der Waals surface area contributed by atoms with Crippen LogP contribution in [-0.2, 0) is 16.8 Å². The van der Waals surface area contributed by atoms with Crippen LogP contribution in [-0.4, -0.2) is 38.1 Å². The lowest BCUT2D eigenvalue weighted by atomic mass is 9.84. The Morgan fingerprint density at radius 2 is 2.03 bits per heavy atom. The van der Waals surface area contributed by atoms with E-state index in [1.54, 1.807) is 6.07 Å². The van der Waals surface area contributed by atoms with Gasteiger partial charge in [-0.15, -0.1) is 0 Å². The molecule has 3 heterocycles. The number of carbonyl (C=O) groups is 1. The van der Waals surface area contributed by atoms with E-state index >= 15 is 4.39 Å². The first-order valence-corrected chi connectivity index (χ1v) is 11.0. The lowest BCUT2D eigenvalue weighted by molar-refractivity contribution is -0.119. The summed E-state index contributed by atoms with van der Waals surface area (Å²) in [5, 5.41) is 3.62. The number of benzene rings is 2. The molecule has 2 saturated heterocycles. The molecule has 0 bridgehead atoms. The van der Waals surface area contributed by atoms with Gasteiger partial charge in [0.25, 0.3) is 0 Å². The van der Waals surface area contributed by atoms with Gasteiger partial charge in [0.15, 0.2) is 0 Å². The van der Waals surface area contributed by atoms with Crippen LogP contribution in [0, 0.1) is 5.82 Å². The van der Waals surface area contributed by atoms with E-state index in [4.69, 9.17) is 17.3 Å². The van der Waals surface area contributed by atoms with E-state index < -0.39 is 11.9 Å². The van der Waals surface area contributed by atoms with E-state index in [9.17, 15) is 4.79 Å². The van der Waals surface area contributed by atoms with Gasteiger partial charge in [-0.1, -0.05) is 41.9 Å². The van der Waals surface area contributed by atoms with Crippen molar-refractivity contribution in [3.8, 4) is 0 Å². The van der Waals surface area contributed by atoms with Gasteiger partial charge in [0.05, 0.1) is 11.2 Å². The van der Waals surface area contributed by atoms with Crippen molar-refractivity contribution in [3.05, 3.63) is 58.4 Å². The monoisotopic (exact) mass is 428 g/mol. The van der Waals surface area contributed by atoms with E-state index in [1.807, 2.05) is 23.1 Å². The number of anilines is 2. The molecule has 2 fully saturated rings. The normalized spacial score (nSPS) is 25.7. The van der Waals surface area contributed by atoms with E-state index in [2.05, 4.69) is 22.3 Å². The Morgan fingerprint density at radius 1 is 1.23 bits per heavy atom. The molecule has 3 aliphatic heterocycles. The third-order valence-corrected chi connectivity index (χ3v) is 7.27. The third-order valence-electron chi connectivity index (χ3n) is 6.91. The molecule has 0 spiro atoms. The van der Waals surface area contributed by atoms with Crippen LogP contribution in [0.3, 0.4) is 0 Å². The number of nitrogens with zero attached hydrogens (tertiary/aromatic N) is 2. The van der Waals surface area contributed by atoms with Crippen molar-refractivity contribution in [2.75, 3.05) is 36.0 Å². The lowest BCUT2D eigenvalue weighted by Gasteiger charge is -2.45. The van der Waals surface area contributed by atoms with Crippen LogP contribution in [0.25, 0.3) is 0 Å². The second-order valence-corrected chi connectivity index (χ2v) is 8.91. The second kappa shape index (κ2) is 7.43. The summed E-state index contributed by atoms with van der Waals surface area (Å²) in [5.41, 5.74) is 9.17. The summed E-state index contributed by atoms with van der Waals surface area (Å²) in [6, 6.07) is 11.5. The summed E-state index contributed by atoms with van der Waals surface area (Å²) in [6.07, 6.45) is 3.24. The molecule has 7 heteroatoms. The number of primary amides is 1. The molecule has 2 aromatic carbocycles. The fourth-order valence-corrected chi connectivity index (χ4v) is 5.83. The predicted molar refractivity (Wildman–Crippen MR) is 118 cm³/mol. The lowest BCUT2D eigenvalue weighted by Crippen LogP contribution is -2.57. The zero-order chi connectivity index (χ0) is 20.9. The number of nitrogens with one attached hydrogen (secondary N) is 1. The molecular formula is C23H26ClFN4O. The van der Waals surface area contributed by atoms with E-state index in [0.29, 0.717) is 25.1 Å². The highest BCUT2D eigenvalue weighted by molar-refractivity contribution is 6.34. The van der Waals surface area contributed by atoms with Crippen molar-refractivity contribution in [2.24, 2.45) is 5.73 Å². The molecule has 158 valence electrons. The summed E-state index contributed by atoms with van der Waals surface area (Å²) < 4.78 is 15.1. The molecule has 2 aromatic rings. The number of nitrogens with two attached hydrogens (primary N) is 1. The SMILES string of the molecule is NC(=O)[C@H]1CCCCN1c1c(Cl)c(F)cc2c1CC1(c3ccccc3)CNCCN21. The van der Waals surface area contributed by atoms with E-state index in [1.165, 1.54) is 5.56 Å². The molecule has 5 rings (SSSR count). The summed E-state index contributed by atoms with van der Waals surface area (Å²) in [6.45, 7) is 3.03. The van der Waals surface area contributed by atoms with Crippen molar-refractivity contribution < 1.29 is 9.18 Å². The molecule has 2 atom stereocenters. The van der Waals surface area contributed by atoms with Gasteiger partial charge in [0.2, 0.25) is 5.91 Å². The van der Waals surface area contributed by atoms with Gasteiger partial charge in [-0.25, -0.2) is 4.39 Å². The Bertz CT molecular complexity index is 985. The number of carbonyl (C=O) groups excluding carboxylic acids is 1. The van der Waals surface area contributed by atoms with Gasteiger partial charge < -0.3 is 20.9 Å². The number of amides is 1. The Hall–Kier alpha value is -2.31. The van der Waals surface area contributed by atoms with Gasteiger partial charge in [-0.2, -0.15) is 0 Å². The minimum Gasteiger partial charge on any atom is -0.368 e. The Morgan fingerprint density at radius 3 is 2.80 bits per heavy atom. The number of hydrogen-bond donors (Lipinski definition) is 2. The second-order valence-electron chi connectivity index (χ2n) is 8.53. The van der Waals surface area contributed by atoms with Crippen molar-refractivity contribution in [3.63, 3.8) is 0 Å². The Balaban J connectivity index is 1.69. The molecular weight excluding hydrogens is 403 g/mol. The maximum atomic E-state index is 15.1. The summed E-state index contributed by atoms with van der Waals surface area (Å²) in [7, 11) is 0. The molecule has 3 aliphatic rings. The fraction of sp³-hybridized carbons (Fsp3) is 0.435. The van der Waals surface area contributed by atoms with Crippen LogP contribution in [0.2, 0.25) is 5.02 Å². The number of hydrogen-bond acceptors (Lipinski definition) is 4. The molecule has 1 unspecified atom stereocenters. The van der Waals surface area contributed by atoms with Crippen molar-refractivity contribution in [2.45, 2.75) is 37.3 Å². The standard InChI is InChI=1S/C23H26ClFN4O/c24-20-17(25)12-19-16(21(20)28-10-5-4-8-18(28)22(26)30)13-23(14-27-9-11-29(19)23)15-6-2-1-3-7-15/h1-3,6-7,12,18,27H,4-5,8-11,13-14H2,(H2,26,30)/t18-,23?/m1/s1. The first kappa shape index (κ1) is 19.6. The molecule has 30 heavy (non-hydrogen) atoms. The van der Waals surface area contributed by atoms with Crippen LogP contribution < -0.4 is 20.9 Å². The third kappa shape index (κ3) is 2.88. The first-order chi connectivity index (χ1) is 14.5.